The van der Waals surface area contributed by atoms with Crippen LogP contribution in [-0.2, 0) is 5.75 Å². The Hall–Kier alpha value is -0.840. The second kappa shape index (κ2) is 6.55. The van der Waals surface area contributed by atoms with Crippen LogP contribution in [0.1, 0.15) is 25.1 Å². The second-order valence-corrected chi connectivity index (χ2v) is 6.99. The number of nitrogens with zero attached hydrogens (tertiary/aromatic N) is 1. The van der Waals surface area contributed by atoms with E-state index in [2.05, 4.69) is 41.6 Å². The lowest BCUT2D eigenvalue weighted by Gasteiger charge is -2.12. The van der Waals surface area contributed by atoms with Crippen LogP contribution in [0.5, 0.6) is 0 Å². The van der Waals surface area contributed by atoms with Gasteiger partial charge in [-0.15, -0.1) is 23.1 Å². The molecule has 2 rings (SSSR count). The molecule has 2 unspecified atom stereocenters. The molecule has 4 heteroatoms. The fourth-order valence-electron chi connectivity index (χ4n) is 1.56. The van der Waals surface area contributed by atoms with Crippen LogP contribution in [0.15, 0.2) is 29.6 Å². The molecule has 0 aliphatic rings. The van der Waals surface area contributed by atoms with Crippen molar-refractivity contribution in [2.24, 2.45) is 0 Å². The Kier molecular flexibility index (Phi) is 5.02. The molecule has 0 radical (unpaired) electrons. The zero-order valence-corrected chi connectivity index (χ0v) is 13.1. The third-order valence-corrected chi connectivity index (χ3v) is 5.35. The van der Waals surface area contributed by atoms with Crippen LogP contribution in [0.2, 0.25) is 0 Å². The van der Waals surface area contributed by atoms with Crippen LogP contribution in [0, 0.1) is 6.92 Å². The minimum absolute atomic E-state index is 0.240. The number of aromatic nitrogens is 1. The van der Waals surface area contributed by atoms with E-state index in [-0.39, 0.29) is 11.4 Å². The van der Waals surface area contributed by atoms with Gasteiger partial charge in [0.2, 0.25) is 0 Å². The molecule has 2 nitrogen and oxygen atoms in total. The molecular weight excluding hydrogens is 274 g/mol. The van der Waals surface area contributed by atoms with E-state index in [1.54, 1.807) is 23.1 Å². The van der Waals surface area contributed by atoms with Crippen molar-refractivity contribution in [3.63, 3.8) is 0 Å². The molecule has 19 heavy (non-hydrogen) atoms. The lowest BCUT2D eigenvalue weighted by atomic mass is 10.2. The molecule has 0 spiro atoms. The smallest absolute Gasteiger partial charge is 0.123 e. The van der Waals surface area contributed by atoms with Crippen molar-refractivity contribution in [3.8, 4) is 10.6 Å². The summed E-state index contributed by atoms with van der Waals surface area (Å²) in [5.74, 6) is 0.856. The Morgan fingerprint density at radius 1 is 1.26 bits per heavy atom. The summed E-state index contributed by atoms with van der Waals surface area (Å²) in [7, 11) is 0. The van der Waals surface area contributed by atoms with Crippen molar-refractivity contribution in [1.29, 1.82) is 0 Å². The molecule has 0 saturated carbocycles. The summed E-state index contributed by atoms with van der Waals surface area (Å²) in [5, 5.41) is 12.9. The first-order chi connectivity index (χ1) is 9.06. The standard InChI is InChI=1S/C15H19NOS2/c1-10-4-6-13(7-5-10)15-16-14(9-19-15)8-18-12(3)11(2)17/h4-7,9,11-12,17H,8H2,1-3H3. The Morgan fingerprint density at radius 2 is 1.95 bits per heavy atom. The van der Waals surface area contributed by atoms with Crippen LogP contribution in [-0.4, -0.2) is 21.4 Å². The molecule has 1 heterocycles. The first kappa shape index (κ1) is 14.6. The van der Waals surface area contributed by atoms with Crippen molar-refractivity contribution < 1.29 is 5.11 Å². The minimum atomic E-state index is -0.278. The molecule has 1 aromatic heterocycles. The molecule has 0 saturated heterocycles. The van der Waals surface area contributed by atoms with E-state index in [0.29, 0.717) is 0 Å². The highest BCUT2D eigenvalue weighted by Crippen LogP contribution is 2.27. The van der Waals surface area contributed by atoms with Gasteiger partial charge in [-0.2, -0.15) is 0 Å². The van der Waals surface area contributed by atoms with Gasteiger partial charge in [-0.1, -0.05) is 36.8 Å². The van der Waals surface area contributed by atoms with Crippen LogP contribution < -0.4 is 0 Å². The van der Waals surface area contributed by atoms with Crippen LogP contribution in [0.4, 0.5) is 0 Å². The van der Waals surface area contributed by atoms with Gasteiger partial charge in [0, 0.05) is 21.9 Å². The van der Waals surface area contributed by atoms with Gasteiger partial charge in [0.15, 0.2) is 0 Å². The predicted octanol–water partition coefficient (Wildman–Crippen LogP) is 4.12. The van der Waals surface area contributed by atoms with E-state index in [1.165, 1.54) is 11.1 Å². The molecule has 102 valence electrons. The quantitative estimate of drug-likeness (QED) is 0.900. The van der Waals surface area contributed by atoms with E-state index in [0.717, 1.165) is 16.5 Å². The van der Waals surface area contributed by atoms with Crippen LogP contribution in [0.3, 0.4) is 0 Å². The maximum atomic E-state index is 9.47. The molecule has 0 amide bonds. The highest BCUT2D eigenvalue weighted by molar-refractivity contribution is 7.99. The van der Waals surface area contributed by atoms with Crippen molar-refractivity contribution in [3.05, 3.63) is 40.9 Å². The number of aliphatic hydroxyl groups excluding tert-OH is 1. The first-order valence-electron chi connectivity index (χ1n) is 6.37. The van der Waals surface area contributed by atoms with E-state index in [9.17, 15) is 5.11 Å². The molecule has 2 atom stereocenters. The molecule has 0 aliphatic carbocycles. The van der Waals surface area contributed by atoms with Crippen molar-refractivity contribution in [1.82, 2.24) is 4.98 Å². The average molecular weight is 293 g/mol. The number of rotatable bonds is 5. The summed E-state index contributed by atoms with van der Waals surface area (Å²) in [6.07, 6.45) is -0.278. The lowest BCUT2D eigenvalue weighted by molar-refractivity contribution is 0.196. The minimum Gasteiger partial charge on any atom is -0.392 e. The van der Waals surface area contributed by atoms with Crippen LogP contribution in [0.25, 0.3) is 10.6 Å². The summed E-state index contributed by atoms with van der Waals surface area (Å²) >= 11 is 3.42. The van der Waals surface area contributed by atoms with Crippen molar-refractivity contribution >= 4 is 23.1 Å². The zero-order chi connectivity index (χ0) is 13.8. The average Bonchev–Trinajstić information content (AvgIpc) is 2.85. The topological polar surface area (TPSA) is 33.1 Å². The van der Waals surface area contributed by atoms with Crippen molar-refractivity contribution in [2.75, 3.05) is 0 Å². The molecule has 1 aromatic carbocycles. The number of hydrogen-bond acceptors (Lipinski definition) is 4. The molecular formula is C15H19NOS2. The molecule has 1 N–H and O–H groups in total. The van der Waals surface area contributed by atoms with Gasteiger partial charge >= 0.3 is 0 Å². The number of benzene rings is 1. The van der Waals surface area contributed by atoms with Gasteiger partial charge in [-0.05, 0) is 13.8 Å². The molecule has 0 fully saturated rings. The maximum Gasteiger partial charge on any atom is 0.123 e. The fraction of sp³-hybridized carbons (Fsp3) is 0.400. The van der Waals surface area contributed by atoms with E-state index in [4.69, 9.17) is 0 Å². The lowest BCUT2D eigenvalue weighted by Crippen LogP contribution is -2.15. The third-order valence-electron chi connectivity index (χ3n) is 3.02. The summed E-state index contributed by atoms with van der Waals surface area (Å²) in [5.41, 5.74) is 3.54. The summed E-state index contributed by atoms with van der Waals surface area (Å²) in [6.45, 7) is 5.96. The number of hydrogen-bond donors (Lipinski definition) is 1. The summed E-state index contributed by atoms with van der Waals surface area (Å²) in [6, 6.07) is 8.45. The van der Waals surface area contributed by atoms with Crippen LogP contribution >= 0.6 is 23.1 Å². The number of aliphatic hydroxyl groups is 1. The zero-order valence-electron chi connectivity index (χ0n) is 11.5. The molecule has 2 aromatic rings. The SMILES string of the molecule is Cc1ccc(-c2nc(CSC(C)C(C)O)cs2)cc1. The predicted molar refractivity (Wildman–Crippen MR) is 84.7 cm³/mol. The van der Waals surface area contributed by atoms with E-state index >= 15 is 0 Å². The Labute approximate surface area is 122 Å². The van der Waals surface area contributed by atoms with Gasteiger partial charge in [0.25, 0.3) is 0 Å². The van der Waals surface area contributed by atoms with Gasteiger partial charge in [-0.3, -0.25) is 0 Å². The van der Waals surface area contributed by atoms with Crippen molar-refractivity contribution in [2.45, 2.75) is 37.9 Å². The summed E-state index contributed by atoms with van der Waals surface area (Å²) < 4.78 is 0. The highest BCUT2D eigenvalue weighted by Gasteiger charge is 2.11. The summed E-state index contributed by atoms with van der Waals surface area (Å²) in [4.78, 5) is 4.66. The third kappa shape index (κ3) is 4.06. The maximum absolute atomic E-state index is 9.47. The van der Waals surface area contributed by atoms with Gasteiger partial charge in [0.05, 0.1) is 11.8 Å². The largest absolute Gasteiger partial charge is 0.392 e. The normalized spacial score (nSPS) is 14.3. The number of thiazole rings is 1. The van der Waals surface area contributed by atoms with Gasteiger partial charge in [0.1, 0.15) is 5.01 Å². The Balaban J connectivity index is 2.01. The fourth-order valence-corrected chi connectivity index (χ4v) is 3.35. The molecule has 0 aliphatic heterocycles. The van der Waals surface area contributed by atoms with E-state index < -0.39 is 0 Å². The number of thioether (sulfide) groups is 1. The molecule has 0 bridgehead atoms. The van der Waals surface area contributed by atoms with Gasteiger partial charge < -0.3 is 5.11 Å². The first-order valence-corrected chi connectivity index (χ1v) is 8.30. The Bertz CT molecular complexity index is 519. The van der Waals surface area contributed by atoms with E-state index in [1.807, 2.05) is 13.8 Å². The number of aryl methyl sites for hydroxylation is 1. The van der Waals surface area contributed by atoms with Gasteiger partial charge in [-0.25, -0.2) is 4.98 Å². The Morgan fingerprint density at radius 3 is 2.58 bits per heavy atom. The monoisotopic (exact) mass is 293 g/mol. The second-order valence-electron chi connectivity index (χ2n) is 4.77. The highest BCUT2D eigenvalue weighted by atomic mass is 32.2.